The number of benzene rings is 2. The van der Waals surface area contributed by atoms with Gasteiger partial charge in [0.25, 0.3) is 11.8 Å². The average Bonchev–Trinajstić information content (AvgIpc) is 3.23. The van der Waals surface area contributed by atoms with Gasteiger partial charge in [0, 0.05) is 5.69 Å². The molecule has 2 heterocycles. The number of hydrogen-bond acceptors (Lipinski definition) is 7. The molecule has 0 saturated carbocycles. The molecule has 2 aliphatic heterocycles. The van der Waals surface area contributed by atoms with Crippen LogP contribution in [-0.4, -0.2) is 48.5 Å². The van der Waals surface area contributed by atoms with E-state index in [0.29, 0.717) is 17.1 Å². The Hall–Kier alpha value is -3.46. The summed E-state index contributed by atoms with van der Waals surface area (Å²) in [5, 5.41) is 12.1. The van der Waals surface area contributed by atoms with Crippen molar-refractivity contribution in [2.75, 3.05) is 23.9 Å². The molecule has 10 heteroatoms. The number of methoxy groups -OCH3 is 1. The van der Waals surface area contributed by atoms with Gasteiger partial charge in [-0.3, -0.25) is 19.4 Å². The zero-order valence-corrected chi connectivity index (χ0v) is 17.0. The summed E-state index contributed by atoms with van der Waals surface area (Å²) < 4.78 is 5.10. The van der Waals surface area contributed by atoms with Crippen LogP contribution in [0.1, 0.15) is 5.56 Å². The first-order chi connectivity index (χ1) is 14.4. The second kappa shape index (κ2) is 7.75. The number of carbonyl (C=O) groups excluding carboxylic acids is 3. The van der Waals surface area contributed by atoms with Crippen molar-refractivity contribution < 1.29 is 19.1 Å². The summed E-state index contributed by atoms with van der Waals surface area (Å²) in [5.74, 6) is -0.972. The molecule has 3 amide bonds. The number of aryl methyl sites for hydroxylation is 1. The van der Waals surface area contributed by atoms with Crippen LogP contribution < -0.4 is 15.0 Å². The number of carbonyl (C=O) groups is 3. The Bertz CT molecular complexity index is 1070. The van der Waals surface area contributed by atoms with Crippen LogP contribution in [0, 0.1) is 6.92 Å². The monoisotopic (exact) mass is 427 g/mol. The number of ether oxygens (including phenoxy) is 1. The molecule has 0 aromatic heterocycles. The number of imide groups is 1. The van der Waals surface area contributed by atoms with Crippen LogP contribution in [0.15, 0.2) is 52.8 Å². The van der Waals surface area contributed by atoms with Gasteiger partial charge in [0.1, 0.15) is 12.3 Å². The minimum absolute atomic E-state index is 0.213. The topological polar surface area (TPSA) is 104 Å². The second-order valence-corrected chi connectivity index (χ2v) is 7.29. The Balaban J connectivity index is 1.51. The zero-order chi connectivity index (χ0) is 21.4. The van der Waals surface area contributed by atoms with Gasteiger partial charge in [0.15, 0.2) is 12.1 Å². The number of fused-ring (bicyclic) bond motifs is 1. The predicted molar refractivity (Wildman–Crippen MR) is 109 cm³/mol. The number of nitrogens with zero attached hydrogens (tertiary/aromatic N) is 4. The van der Waals surface area contributed by atoms with Crippen molar-refractivity contribution >= 4 is 40.7 Å². The van der Waals surface area contributed by atoms with Crippen molar-refractivity contribution in [2.45, 2.75) is 19.0 Å². The van der Waals surface area contributed by atoms with E-state index in [4.69, 9.17) is 16.3 Å². The standard InChI is InChI=1S/C20H18ClN5O4/c1-11-5-3-4-6-14(11)22-16(27)10-25-18-17(23-24-25)19(28)26(20(18)29)12-7-8-15(30-2)13(21)9-12/h3-9,17-18H,10H2,1-2H3,(H,22,27)/t17-,18-/m0/s1. The maximum absolute atomic E-state index is 13.0. The first kappa shape index (κ1) is 19.8. The minimum Gasteiger partial charge on any atom is -0.495 e. The Morgan fingerprint density at radius 2 is 1.97 bits per heavy atom. The van der Waals surface area contributed by atoms with E-state index < -0.39 is 23.9 Å². The maximum atomic E-state index is 13.0. The van der Waals surface area contributed by atoms with Gasteiger partial charge in [-0.25, -0.2) is 4.90 Å². The van der Waals surface area contributed by atoms with Gasteiger partial charge in [0.05, 0.1) is 17.8 Å². The second-order valence-electron chi connectivity index (χ2n) is 6.89. The molecule has 0 spiro atoms. The molecule has 0 aliphatic carbocycles. The molecule has 4 rings (SSSR count). The average molecular weight is 428 g/mol. The van der Waals surface area contributed by atoms with Gasteiger partial charge < -0.3 is 10.1 Å². The van der Waals surface area contributed by atoms with Crippen LogP contribution in [0.2, 0.25) is 5.02 Å². The van der Waals surface area contributed by atoms with Crippen molar-refractivity contribution in [2.24, 2.45) is 10.3 Å². The Morgan fingerprint density at radius 3 is 2.67 bits per heavy atom. The van der Waals surface area contributed by atoms with Crippen molar-refractivity contribution in [3.05, 3.63) is 53.1 Å². The van der Waals surface area contributed by atoms with Gasteiger partial charge in [-0.05, 0) is 36.8 Å². The molecule has 154 valence electrons. The Kier molecular flexibility index (Phi) is 5.13. The van der Waals surface area contributed by atoms with E-state index in [1.807, 2.05) is 25.1 Å². The normalized spacial score (nSPS) is 20.0. The lowest BCUT2D eigenvalue weighted by molar-refractivity contribution is -0.123. The molecule has 2 atom stereocenters. The summed E-state index contributed by atoms with van der Waals surface area (Å²) in [7, 11) is 1.47. The summed E-state index contributed by atoms with van der Waals surface area (Å²) >= 11 is 6.13. The first-order valence-corrected chi connectivity index (χ1v) is 9.52. The number of nitrogens with one attached hydrogen (secondary N) is 1. The third kappa shape index (κ3) is 3.37. The molecule has 1 N–H and O–H groups in total. The lowest BCUT2D eigenvalue weighted by Gasteiger charge is -2.20. The van der Waals surface area contributed by atoms with Gasteiger partial charge in [0.2, 0.25) is 5.91 Å². The SMILES string of the molecule is COc1ccc(N2C(=O)[C@H]3N=NN(CC(=O)Nc4ccccc4C)[C@@H]3C2=O)cc1Cl. The van der Waals surface area contributed by atoms with Gasteiger partial charge in [-0.1, -0.05) is 35.0 Å². The summed E-state index contributed by atoms with van der Waals surface area (Å²) in [6.45, 7) is 1.66. The molecule has 2 aromatic carbocycles. The van der Waals surface area contributed by atoms with Crippen LogP contribution >= 0.6 is 11.6 Å². The molecule has 9 nitrogen and oxygen atoms in total. The fourth-order valence-electron chi connectivity index (χ4n) is 3.45. The highest BCUT2D eigenvalue weighted by molar-refractivity contribution is 6.33. The molecular formula is C20H18ClN5O4. The molecule has 2 aromatic rings. The third-order valence-corrected chi connectivity index (χ3v) is 5.27. The van der Waals surface area contributed by atoms with Gasteiger partial charge in [-0.2, -0.15) is 5.11 Å². The lowest BCUT2D eigenvalue weighted by atomic mass is 10.1. The highest BCUT2D eigenvalue weighted by atomic mass is 35.5. The molecule has 0 unspecified atom stereocenters. The van der Waals surface area contributed by atoms with Gasteiger partial charge >= 0.3 is 0 Å². The van der Waals surface area contributed by atoms with E-state index >= 15 is 0 Å². The van der Waals surface area contributed by atoms with E-state index in [1.54, 1.807) is 18.2 Å². The fourth-order valence-corrected chi connectivity index (χ4v) is 3.70. The smallest absolute Gasteiger partial charge is 0.263 e. The van der Waals surface area contributed by atoms with E-state index in [-0.39, 0.29) is 17.5 Å². The number of anilines is 2. The van der Waals surface area contributed by atoms with Crippen LogP contribution in [-0.2, 0) is 14.4 Å². The third-order valence-electron chi connectivity index (χ3n) is 4.98. The number of amides is 3. The van der Waals surface area contributed by atoms with Crippen LogP contribution in [0.5, 0.6) is 5.75 Å². The van der Waals surface area contributed by atoms with Crippen molar-refractivity contribution in [1.82, 2.24) is 5.01 Å². The summed E-state index contributed by atoms with van der Waals surface area (Å²) in [4.78, 5) is 39.3. The number of halogens is 1. The molecule has 0 bridgehead atoms. The molecule has 0 radical (unpaired) electrons. The Morgan fingerprint density at radius 1 is 1.20 bits per heavy atom. The van der Waals surface area contributed by atoms with Crippen molar-refractivity contribution in [1.29, 1.82) is 0 Å². The zero-order valence-electron chi connectivity index (χ0n) is 16.2. The quantitative estimate of drug-likeness (QED) is 0.738. The fraction of sp³-hybridized carbons (Fsp3) is 0.250. The van der Waals surface area contributed by atoms with E-state index in [0.717, 1.165) is 10.5 Å². The molecule has 30 heavy (non-hydrogen) atoms. The molecular weight excluding hydrogens is 410 g/mol. The highest BCUT2D eigenvalue weighted by Crippen LogP contribution is 2.35. The first-order valence-electron chi connectivity index (χ1n) is 9.15. The summed E-state index contributed by atoms with van der Waals surface area (Å²) in [6, 6.07) is 9.97. The van der Waals surface area contributed by atoms with E-state index in [9.17, 15) is 14.4 Å². The number of rotatable bonds is 5. The minimum atomic E-state index is -0.996. The summed E-state index contributed by atoms with van der Waals surface area (Å²) in [6.07, 6.45) is 0. The van der Waals surface area contributed by atoms with E-state index in [1.165, 1.54) is 18.2 Å². The number of hydrogen-bond donors (Lipinski definition) is 1. The summed E-state index contributed by atoms with van der Waals surface area (Å²) in [5.41, 5.74) is 1.88. The lowest BCUT2D eigenvalue weighted by Crippen LogP contribution is -2.43. The van der Waals surface area contributed by atoms with Gasteiger partial charge in [-0.15, -0.1) is 0 Å². The van der Waals surface area contributed by atoms with E-state index in [2.05, 4.69) is 15.7 Å². The van der Waals surface area contributed by atoms with Crippen molar-refractivity contribution in [3.63, 3.8) is 0 Å². The largest absolute Gasteiger partial charge is 0.495 e. The number of para-hydroxylation sites is 1. The molecule has 1 saturated heterocycles. The highest BCUT2D eigenvalue weighted by Gasteiger charge is 2.55. The molecule has 2 aliphatic rings. The van der Waals surface area contributed by atoms with Crippen LogP contribution in [0.4, 0.5) is 11.4 Å². The van der Waals surface area contributed by atoms with Crippen molar-refractivity contribution in [3.8, 4) is 5.75 Å². The van der Waals surface area contributed by atoms with Crippen LogP contribution in [0.3, 0.4) is 0 Å². The molecule has 1 fully saturated rings. The maximum Gasteiger partial charge on any atom is 0.263 e. The Labute approximate surface area is 177 Å². The predicted octanol–water partition coefficient (Wildman–Crippen LogP) is 2.59. The van der Waals surface area contributed by atoms with Crippen LogP contribution in [0.25, 0.3) is 0 Å².